The predicted octanol–water partition coefficient (Wildman–Crippen LogP) is 2.00. The Morgan fingerprint density at radius 1 is 1.53 bits per heavy atom. The fraction of sp³-hybridized carbons (Fsp3) is 0.417. The highest BCUT2D eigenvalue weighted by Crippen LogP contribution is 2.32. The second-order valence-corrected chi connectivity index (χ2v) is 4.82. The number of aromatic nitrogens is 2. The topological polar surface area (TPSA) is 60.9 Å². The van der Waals surface area contributed by atoms with Gasteiger partial charge in [0.1, 0.15) is 5.65 Å². The van der Waals surface area contributed by atoms with Gasteiger partial charge in [0.05, 0.1) is 11.1 Å². The summed E-state index contributed by atoms with van der Waals surface area (Å²) in [6.07, 6.45) is 5.02. The first kappa shape index (κ1) is 11.0. The van der Waals surface area contributed by atoms with Gasteiger partial charge in [0.2, 0.25) is 0 Å². The van der Waals surface area contributed by atoms with E-state index in [1.807, 2.05) is 0 Å². The molecule has 0 spiro atoms. The Hall–Kier alpha value is -1.10. The smallest absolute Gasteiger partial charge is 0.139 e. The number of H-pyrrole nitrogens is 1. The Morgan fingerprint density at radius 3 is 3.18 bits per heavy atom. The second kappa shape index (κ2) is 4.29. The molecule has 2 aromatic rings. The van der Waals surface area contributed by atoms with Gasteiger partial charge in [-0.2, -0.15) is 0 Å². The van der Waals surface area contributed by atoms with Gasteiger partial charge in [0.15, 0.2) is 0 Å². The van der Waals surface area contributed by atoms with Crippen molar-refractivity contribution in [1.29, 1.82) is 0 Å². The summed E-state index contributed by atoms with van der Waals surface area (Å²) < 4.78 is 0. The molecule has 2 unspecified atom stereocenters. The number of halogens is 1. The first-order valence-electron chi connectivity index (χ1n) is 5.80. The third-order valence-corrected chi connectivity index (χ3v) is 3.67. The summed E-state index contributed by atoms with van der Waals surface area (Å²) in [4.78, 5) is 7.25. The number of fused-ring (bicyclic) bond motifs is 1. The summed E-state index contributed by atoms with van der Waals surface area (Å²) in [5.41, 5.74) is 1.56. The lowest BCUT2D eigenvalue weighted by Gasteiger charge is -2.17. The molecule has 1 aliphatic rings. The van der Waals surface area contributed by atoms with Gasteiger partial charge >= 0.3 is 0 Å². The van der Waals surface area contributed by atoms with Gasteiger partial charge < -0.3 is 15.4 Å². The highest BCUT2D eigenvalue weighted by atomic mass is 35.5. The van der Waals surface area contributed by atoms with Gasteiger partial charge in [0.25, 0.3) is 0 Å². The molecule has 0 bridgehead atoms. The Bertz CT molecular complexity index is 534. The summed E-state index contributed by atoms with van der Waals surface area (Å²) in [5.74, 6) is 0. The zero-order valence-corrected chi connectivity index (χ0v) is 10.0. The van der Waals surface area contributed by atoms with E-state index in [0.717, 1.165) is 36.0 Å². The molecule has 0 aliphatic carbocycles. The summed E-state index contributed by atoms with van der Waals surface area (Å²) in [7, 11) is 0. The predicted molar refractivity (Wildman–Crippen MR) is 67.1 cm³/mol. The van der Waals surface area contributed by atoms with Crippen molar-refractivity contribution in [1.82, 2.24) is 15.3 Å². The molecule has 90 valence electrons. The molecule has 0 radical (unpaired) electrons. The monoisotopic (exact) mass is 251 g/mol. The van der Waals surface area contributed by atoms with Gasteiger partial charge in [-0.1, -0.05) is 11.6 Å². The van der Waals surface area contributed by atoms with Gasteiger partial charge in [-0.15, -0.1) is 0 Å². The number of pyridine rings is 1. The van der Waals surface area contributed by atoms with E-state index in [4.69, 9.17) is 11.6 Å². The minimum atomic E-state index is -0.534. The number of aromatic amines is 1. The number of nitrogens with zero attached hydrogens (tertiary/aromatic N) is 1. The van der Waals surface area contributed by atoms with Crippen LogP contribution in [-0.2, 0) is 0 Å². The zero-order chi connectivity index (χ0) is 11.8. The van der Waals surface area contributed by atoms with Gasteiger partial charge in [-0.05, 0) is 25.5 Å². The molecule has 2 atom stereocenters. The lowest BCUT2D eigenvalue weighted by atomic mass is 10.0. The van der Waals surface area contributed by atoms with Crippen LogP contribution in [0.5, 0.6) is 0 Å². The van der Waals surface area contributed by atoms with Crippen molar-refractivity contribution in [3.05, 3.63) is 29.0 Å². The molecule has 0 saturated carbocycles. The lowest BCUT2D eigenvalue weighted by Crippen LogP contribution is -2.28. The van der Waals surface area contributed by atoms with E-state index in [1.165, 1.54) is 0 Å². The normalized spacial score (nSPS) is 22.1. The van der Waals surface area contributed by atoms with Gasteiger partial charge in [-0.25, -0.2) is 4.98 Å². The average molecular weight is 252 g/mol. The quantitative estimate of drug-likeness (QED) is 0.765. The second-order valence-electron chi connectivity index (χ2n) is 4.41. The van der Waals surface area contributed by atoms with Crippen LogP contribution >= 0.6 is 11.6 Å². The molecule has 1 fully saturated rings. The van der Waals surface area contributed by atoms with Crippen LogP contribution in [-0.4, -0.2) is 27.7 Å². The van der Waals surface area contributed by atoms with Gasteiger partial charge in [0, 0.05) is 29.4 Å². The maximum atomic E-state index is 10.4. The van der Waals surface area contributed by atoms with E-state index < -0.39 is 6.10 Å². The van der Waals surface area contributed by atoms with Crippen LogP contribution in [0.15, 0.2) is 18.5 Å². The standard InChI is InChI=1S/C12H14ClN3O/c13-8-3-5-15-12-10(8)7(6-16-12)11(17)9-2-1-4-14-9/h3,5-6,9,11,14,17H,1-2,4H2,(H,15,16). The maximum Gasteiger partial charge on any atom is 0.139 e. The Morgan fingerprint density at radius 2 is 2.41 bits per heavy atom. The van der Waals surface area contributed by atoms with E-state index in [-0.39, 0.29) is 6.04 Å². The van der Waals surface area contributed by atoms with Crippen LogP contribution in [0.25, 0.3) is 11.0 Å². The maximum absolute atomic E-state index is 10.4. The summed E-state index contributed by atoms with van der Waals surface area (Å²) in [6, 6.07) is 1.86. The molecule has 0 aromatic carbocycles. The molecule has 1 aliphatic heterocycles. The van der Waals surface area contributed by atoms with Crippen LogP contribution in [0.4, 0.5) is 0 Å². The number of nitrogens with one attached hydrogen (secondary N) is 2. The van der Waals surface area contributed by atoms with E-state index in [0.29, 0.717) is 5.02 Å². The molecule has 4 nitrogen and oxygen atoms in total. The summed E-state index contributed by atoms with van der Waals surface area (Å²) >= 11 is 6.16. The molecule has 17 heavy (non-hydrogen) atoms. The van der Waals surface area contributed by atoms with Crippen molar-refractivity contribution in [2.45, 2.75) is 25.0 Å². The summed E-state index contributed by atoms with van der Waals surface area (Å²) in [5, 5.41) is 15.1. The van der Waals surface area contributed by atoms with Crippen LogP contribution in [0.3, 0.4) is 0 Å². The fourth-order valence-corrected chi connectivity index (χ4v) is 2.73. The zero-order valence-electron chi connectivity index (χ0n) is 9.28. The van der Waals surface area contributed by atoms with Crippen molar-refractivity contribution in [3.63, 3.8) is 0 Å². The Kier molecular flexibility index (Phi) is 2.78. The molecule has 5 heteroatoms. The van der Waals surface area contributed by atoms with E-state index in [1.54, 1.807) is 18.5 Å². The number of aliphatic hydroxyl groups is 1. The third kappa shape index (κ3) is 1.82. The van der Waals surface area contributed by atoms with Crippen LogP contribution in [0.1, 0.15) is 24.5 Å². The van der Waals surface area contributed by atoms with Crippen molar-refractivity contribution in [2.24, 2.45) is 0 Å². The Balaban J connectivity index is 2.04. The van der Waals surface area contributed by atoms with Crippen molar-refractivity contribution >= 4 is 22.6 Å². The van der Waals surface area contributed by atoms with E-state index in [2.05, 4.69) is 15.3 Å². The number of rotatable bonds is 2. The van der Waals surface area contributed by atoms with E-state index in [9.17, 15) is 5.11 Å². The fourth-order valence-electron chi connectivity index (χ4n) is 2.47. The molecular formula is C12H14ClN3O. The van der Waals surface area contributed by atoms with Crippen molar-refractivity contribution < 1.29 is 5.11 Å². The molecular weight excluding hydrogens is 238 g/mol. The molecule has 0 amide bonds. The highest BCUT2D eigenvalue weighted by Gasteiger charge is 2.26. The molecule has 3 heterocycles. The van der Waals surface area contributed by atoms with Crippen LogP contribution in [0, 0.1) is 0 Å². The largest absolute Gasteiger partial charge is 0.387 e. The average Bonchev–Trinajstić information content (AvgIpc) is 2.98. The lowest BCUT2D eigenvalue weighted by molar-refractivity contribution is 0.139. The first-order valence-corrected chi connectivity index (χ1v) is 6.18. The molecule has 1 saturated heterocycles. The highest BCUT2D eigenvalue weighted by molar-refractivity contribution is 6.35. The first-order chi connectivity index (χ1) is 8.27. The Labute approximate surface area is 104 Å². The van der Waals surface area contributed by atoms with E-state index >= 15 is 0 Å². The SMILES string of the molecule is OC(c1c[nH]c2nccc(Cl)c12)C1CCCN1. The third-order valence-electron chi connectivity index (χ3n) is 3.35. The molecule has 3 N–H and O–H groups in total. The summed E-state index contributed by atoms with van der Waals surface area (Å²) in [6.45, 7) is 0.968. The minimum absolute atomic E-state index is 0.116. The number of aliphatic hydroxyl groups excluding tert-OH is 1. The minimum Gasteiger partial charge on any atom is -0.387 e. The van der Waals surface area contributed by atoms with Crippen molar-refractivity contribution in [3.8, 4) is 0 Å². The number of hydrogen-bond donors (Lipinski definition) is 3. The molecule has 3 rings (SSSR count). The van der Waals surface area contributed by atoms with Crippen LogP contribution < -0.4 is 5.32 Å². The van der Waals surface area contributed by atoms with Crippen molar-refractivity contribution in [2.75, 3.05) is 6.54 Å². The van der Waals surface area contributed by atoms with Gasteiger partial charge in [-0.3, -0.25) is 0 Å². The van der Waals surface area contributed by atoms with Crippen LogP contribution in [0.2, 0.25) is 5.02 Å². The molecule has 2 aromatic heterocycles. The number of hydrogen-bond acceptors (Lipinski definition) is 3.